The van der Waals surface area contributed by atoms with E-state index in [-0.39, 0.29) is 0 Å². The van der Waals surface area contributed by atoms with E-state index in [1.807, 2.05) is 54.6 Å². The van der Waals surface area contributed by atoms with E-state index >= 15 is 0 Å². The molecule has 3 aromatic carbocycles. The highest BCUT2D eigenvalue weighted by atomic mass is 32.1. The second-order valence-electron chi connectivity index (χ2n) is 8.19. The van der Waals surface area contributed by atoms with Crippen LogP contribution in [0, 0.1) is 0 Å². The van der Waals surface area contributed by atoms with Crippen molar-refractivity contribution in [3.63, 3.8) is 0 Å². The lowest BCUT2D eigenvalue weighted by molar-refractivity contribution is 0.441. The summed E-state index contributed by atoms with van der Waals surface area (Å²) in [5.74, 6) is 0. The van der Waals surface area contributed by atoms with Crippen LogP contribution >= 0.6 is 12.2 Å². The van der Waals surface area contributed by atoms with E-state index in [2.05, 4.69) is 34.5 Å². The maximum Gasteiger partial charge on any atom is 0.173 e. The van der Waals surface area contributed by atoms with E-state index in [4.69, 9.17) is 22.2 Å². The number of likely N-dealkylation sites (tertiary alicyclic amines) is 1. The fraction of sp³-hybridized carbons (Fsp3) is 0.222. The zero-order valence-electron chi connectivity index (χ0n) is 18.0. The average molecular weight is 439 g/mol. The predicted octanol–water partition coefficient (Wildman–Crippen LogP) is 6.54. The summed E-state index contributed by atoms with van der Waals surface area (Å²) in [6.45, 7) is 2.05. The van der Waals surface area contributed by atoms with Crippen LogP contribution in [-0.4, -0.2) is 33.1 Å². The minimum Gasteiger partial charge on any atom is -0.349 e. The van der Waals surface area contributed by atoms with Gasteiger partial charge in [0.2, 0.25) is 0 Å². The number of aromatic nitrogens is 2. The van der Waals surface area contributed by atoms with Gasteiger partial charge in [0.15, 0.2) is 5.11 Å². The zero-order valence-corrected chi connectivity index (χ0v) is 18.8. The highest BCUT2D eigenvalue weighted by molar-refractivity contribution is 7.80. The van der Waals surface area contributed by atoms with Crippen LogP contribution < -0.4 is 5.32 Å². The smallest absolute Gasteiger partial charge is 0.173 e. The molecule has 1 aliphatic heterocycles. The molecule has 0 bridgehead atoms. The Balaban J connectivity index is 1.52. The Hall–Kier alpha value is -3.31. The van der Waals surface area contributed by atoms with Crippen molar-refractivity contribution in [3.05, 3.63) is 78.9 Å². The summed E-state index contributed by atoms with van der Waals surface area (Å²) in [4.78, 5) is 12.4. The molecule has 1 aliphatic rings. The second-order valence-corrected chi connectivity index (χ2v) is 8.57. The van der Waals surface area contributed by atoms with Crippen molar-refractivity contribution in [1.29, 1.82) is 0 Å². The molecule has 0 saturated carbocycles. The monoisotopic (exact) mass is 438 g/mol. The number of nitrogens with zero attached hydrogens (tertiary/aromatic N) is 3. The van der Waals surface area contributed by atoms with Crippen LogP contribution in [0.3, 0.4) is 0 Å². The fourth-order valence-corrected chi connectivity index (χ4v) is 4.50. The summed E-state index contributed by atoms with van der Waals surface area (Å²) in [5, 5.41) is 4.22. The highest BCUT2D eigenvalue weighted by Crippen LogP contribution is 2.31. The Morgan fingerprint density at radius 1 is 0.688 bits per heavy atom. The van der Waals surface area contributed by atoms with E-state index in [1.54, 1.807) is 0 Å². The third-order valence-electron chi connectivity index (χ3n) is 5.90. The molecule has 0 atom stereocenters. The number of thiocarbonyl (C=S) groups is 1. The maximum atomic E-state index is 5.70. The van der Waals surface area contributed by atoms with Gasteiger partial charge in [-0.3, -0.25) is 0 Å². The van der Waals surface area contributed by atoms with E-state index in [0.717, 1.165) is 57.4 Å². The summed E-state index contributed by atoms with van der Waals surface area (Å²) in [6, 6.07) is 26.6. The van der Waals surface area contributed by atoms with Gasteiger partial charge in [0.1, 0.15) is 0 Å². The molecule has 160 valence electrons. The first kappa shape index (κ1) is 20.6. The lowest BCUT2D eigenvalue weighted by Gasteiger charge is -2.24. The topological polar surface area (TPSA) is 41.1 Å². The Labute approximate surface area is 194 Å². The van der Waals surface area contributed by atoms with E-state index in [0.29, 0.717) is 0 Å². The SMILES string of the molecule is S=C(Nc1ccc2nc(-c3ccccc3)c(-c3ccccc3)nc2c1)N1CCCCCC1. The second kappa shape index (κ2) is 9.45. The lowest BCUT2D eigenvalue weighted by Crippen LogP contribution is -2.35. The van der Waals surface area contributed by atoms with E-state index in [9.17, 15) is 0 Å². The first-order valence-corrected chi connectivity index (χ1v) is 11.7. The quantitative estimate of drug-likeness (QED) is 0.368. The van der Waals surface area contributed by atoms with Crippen molar-refractivity contribution in [3.8, 4) is 22.5 Å². The van der Waals surface area contributed by atoms with Crippen molar-refractivity contribution < 1.29 is 0 Å². The average Bonchev–Trinajstić information content (AvgIpc) is 3.14. The van der Waals surface area contributed by atoms with Gasteiger partial charge in [-0.15, -0.1) is 0 Å². The number of fused-ring (bicyclic) bond motifs is 1. The molecule has 32 heavy (non-hydrogen) atoms. The van der Waals surface area contributed by atoms with Crippen molar-refractivity contribution in [1.82, 2.24) is 14.9 Å². The molecule has 0 amide bonds. The zero-order chi connectivity index (χ0) is 21.8. The number of benzene rings is 3. The Morgan fingerprint density at radius 3 is 1.84 bits per heavy atom. The molecule has 0 aliphatic carbocycles. The van der Waals surface area contributed by atoms with Crippen LogP contribution in [0.15, 0.2) is 78.9 Å². The van der Waals surface area contributed by atoms with Gasteiger partial charge >= 0.3 is 0 Å². The van der Waals surface area contributed by atoms with Gasteiger partial charge < -0.3 is 10.2 Å². The normalized spacial score (nSPS) is 14.2. The first-order chi connectivity index (χ1) is 15.8. The van der Waals surface area contributed by atoms with Crippen LogP contribution in [0.5, 0.6) is 0 Å². The minimum absolute atomic E-state index is 0.795. The summed E-state index contributed by atoms with van der Waals surface area (Å²) in [7, 11) is 0. The summed E-state index contributed by atoms with van der Waals surface area (Å²) in [5.41, 5.74) is 6.57. The van der Waals surface area contributed by atoms with Crippen LogP contribution in [0.1, 0.15) is 25.7 Å². The molecule has 1 saturated heterocycles. The van der Waals surface area contributed by atoms with Crippen LogP contribution in [0.4, 0.5) is 5.69 Å². The number of rotatable bonds is 3. The fourth-order valence-electron chi connectivity index (χ4n) is 4.20. The molecule has 4 aromatic rings. The third kappa shape index (κ3) is 4.48. The molecule has 1 N–H and O–H groups in total. The number of nitrogens with one attached hydrogen (secondary N) is 1. The minimum atomic E-state index is 0.795. The third-order valence-corrected chi connectivity index (χ3v) is 6.26. The Kier molecular flexibility index (Phi) is 6.08. The summed E-state index contributed by atoms with van der Waals surface area (Å²) >= 11 is 5.70. The number of hydrogen-bond donors (Lipinski definition) is 1. The van der Waals surface area contributed by atoms with Crippen molar-refractivity contribution in [2.75, 3.05) is 18.4 Å². The molecule has 0 radical (unpaired) electrons. The molecule has 2 heterocycles. The molecule has 0 spiro atoms. The summed E-state index contributed by atoms with van der Waals surface area (Å²) in [6.07, 6.45) is 4.98. The standard InChI is InChI=1S/C27H26N4S/c32-27(31-17-9-1-2-10-18-31)28-22-15-16-23-24(19-22)30-26(21-13-7-4-8-14-21)25(29-23)20-11-5-3-6-12-20/h3-8,11-16,19H,1-2,9-10,17-18H2,(H,28,32). The molecular formula is C27H26N4S. The Morgan fingerprint density at radius 2 is 1.25 bits per heavy atom. The largest absolute Gasteiger partial charge is 0.349 e. The van der Waals surface area contributed by atoms with Crippen molar-refractivity contribution in [2.24, 2.45) is 0 Å². The molecule has 1 aromatic heterocycles. The molecule has 5 rings (SSSR count). The Bertz CT molecular complexity index is 1220. The molecule has 1 fully saturated rings. The van der Waals surface area contributed by atoms with Crippen LogP contribution in [0.2, 0.25) is 0 Å². The van der Waals surface area contributed by atoms with Gasteiger partial charge in [0, 0.05) is 29.9 Å². The first-order valence-electron chi connectivity index (χ1n) is 11.3. The van der Waals surface area contributed by atoms with Crippen LogP contribution in [-0.2, 0) is 0 Å². The van der Waals surface area contributed by atoms with Gasteiger partial charge in [-0.05, 0) is 43.3 Å². The van der Waals surface area contributed by atoms with Crippen molar-refractivity contribution in [2.45, 2.75) is 25.7 Å². The molecule has 5 heteroatoms. The van der Waals surface area contributed by atoms with Gasteiger partial charge in [-0.1, -0.05) is 73.5 Å². The summed E-state index contributed by atoms with van der Waals surface area (Å²) < 4.78 is 0. The lowest BCUT2D eigenvalue weighted by atomic mass is 10.0. The van der Waals surface area contributed by atoms with Crippen molar-refractivity contribution >= 4 is 34.1 Å². The van der Waals surface area contributed by atoms with E-state index < -0.39 is 0 Å². The van der Waals surface area contributed by atoms with Gasteiger partial charge in [-0.25, -0.2) is 9.97 Å². The van der Waals surface area contributed by atoms with Gasteiger partial charge in [0.25, 0.3) is 0 Å². The number of hydrogen-bond acceptors (Lipinski definition) is 3. The van der Waals surface area contributed by atoms with Crippen LogP contribution in [0.25, 0.3) is 33.5 Å². The van der Waals surface area contributed by atoms with Gasteiger partial charge in [0.05, 0.1) is 22.4 Å². The maximum absolute atomic E-state index is 5.70. The highest BCUT2D eigenvalue weighted by Gasteiger charge is 2.15. The molecule has 0 unspecified atom stereocenters. The molecular weight excluding hydrogens is 412 g/mol. The predicted molar refractivity (Wildman–Crippen MR) is 137 cm³/mol. The molecule has 4 nitrogen and oxygen atoms in total. The van der Waals surface area contributed by atoms with E-state index in [1.165, 1.54) is 25.7 Å². The van der Waals surface area contributed by atoms with Gasteiger partial charge in [-0.2, -0.15) is 0 Å². The number of anilines is 1.